The number of H-pyrrole nitrogens is 1. The number of hydrogen-bond acceptors (Lipinski definition) is 6. The van der Waals surface area contributed by atoms with E-state index < -0.39 is 16.1 Å². The highest BCUT2D eigenvalue weighted by atomic mass is 32.2. The van der Waals surface area contributed by atoms with Crippen LogP contribution in [0.3, 0.4) is 0 Å². The van der Waals surface area contributed by atoms with E-state index in [4.69, 9.17) is 5.11 Å². The molecule has 1 aromatic heterocycles. The minimum absolute atomic E-state index is 0.243. The highest BCUT2D eigenvalue weighted by Gasteiger charge is 2.30. The smallest absolute Gasteiger partial charge is 0.404 e. The van der Waals surface area contributed by atoms with E-state index in [1.54, 1.807) is 19.1 Å². The Morgan fingerprint density at radius 3 is 2.40 bits per heavy atom. The Hall–Kier alpha value is -3.28. The van der Waals surface area contributed by atoms with Gasteiger partial charge in [-0.3, -0.25) is 10.00 Å². The fourth-order valence-corrected chi connectivity index (χ4v) is 5.46. The zero-order valence-corrected chi connectivity index (χ0v) is 21.0. The van der Waals surface area contributed by atoms with Gasteiger partial charge in [-0.05, 0) is 18.6 Å². The van der Waals surface area contributed by atoms with E-state index in [1.165, 1.54) is 4.31 Å². The van der Waals surface area contributed by atoms with Crippen molar-refractivity contribution in [1.29, 1.82) is 0 Å². The van der Waals surface area contributed by atoms with Crippen LogP contribution in [0.5, 0.6) is 0 Å². The van der Waals surface area contributed by atoms with Gasteiger partial charge in [0.1, 0.15) is 0 Å². The lowest BCUT2D eigenvalue weighted by atomic mass is 10.1. The average Bonchev–Trinajstić information content (AvgIpc) is 3.36. The van der Waals surface area contributed by atoms with Gasteiger partial charge in [-0.2, -0.15) is 9.40 Å². The molecule has 2 heterocycles. The molecule has 10 nitrogen and oxygen atoms in total. The van der Waals surface area contributed by atoms with Gasteiger partial charge in [0.25, 0.3) is 0 Å². The van der Waals surface area contributed by atoms with Crippen LogP contribution in [0.2, 0.25) is 0 Å². The Morgan fingerprint density at radius 1 is 1.06 bits per heavy atom. The van der Waals surface area contributed by atoms with Gasteiger partial charge in [0.05, 0.1) is 4.90 Å². The lowest BCUT2D eigenvalue weighted by molar-refractivity contribution is 0.177. The Morgan fingerprint density at radius 2 is 1.74 bits per heavy atom. The molecule has 35 heavy (non-hydrogen) atoms. The average molecular weight is 501 g/mol. The van der Waals surface area contributed by atoms with Gasteiger partial charge in [0.2, 0.25) is 10.0 Å². The number of carboxylic acid groups (broad SMARTS) is 1. The molecule has 1 aliphatic rings. The minimum atomic E-state index is -3.69. The molecule has 1 saturated heterocycles. The molecule has 0 unspecified atom stereocenters. The minimum Gasteiger partial charge on any atom is -0.465 e. The van der Waals surface area contributed by atoms with Crippen LogP contribution in [0, 0.1) is 6.92 Å². The molecule has 0 saturated carbocycles. The summed E-state index contributed by atoms with van der Waals surface area (Å²) in [4.78, 5) is 17.4. The first-order valence-electron chi connectivity index (χ1n) is 11.6. The van der Waals surface area contributed by atoms with E-state index in [0.717, 1.165) is 5.56 Å². The molecule has 0 radical (unpaired) electrons. The SMILES string of the molecule is CC.Cc1ccc(-c2n[nH]c(-c3ccccc3)n2)cc1S(=O)(=O)N1CCN(CCNC(=O)O)CC1. The standard InChI is InChI=1S/C22H26N6O4S.C2H6/c1-16-7-8-18(21-24-20(25-26-21)17-5-3-2-4-6-17)15-19(16)33(31,32)28-13-11-27(12-14-28)10-9-23-22(29)30;1-2/h2-8,15,23H,9-14H2,1H3,(H,29,30)(H,24,25,26);1-2H3. The summed E-state index contributed by atoms with van der Waals surface area (Å²) in [6, 6.07) is 14.8. The number of benzene rings is 2. The molecule has 0 atom stereocenters. The zero-order valence-electron chi connectivity index (χ0n) is 20.2. The summed E-state index contributed by atoms with van der Waals surface area (Å²) in [5.41, 5.74) is 2.18. The van der Waals surface area contributed by atoms with Gasteiger partial charge in [0.15, 0.2) is 11.6 Å². The number of hydrogen-bond donors (Lipinski definition) is 3. The molecule has 2 aromatic carbocycles. The molecule has 0 aliphatic carbocycles. The van der Waals surface area contributed by atoms with Crippen LogP contribution in [0.4, 0.5) is 4.79 Å². The lowest BCUT2D eigenvalue weighted by Crippen LogP contribution is -2.50. The first-order valence-corrected chi connectivity index (χ1v) is 13.1. The second kappa shape index (κ2) is 11.9. The summed E-state index contributed by atoms with van der Waals surface area (Å²) in [5, 5.41) is 18.2. The predicted octanol–water partition coefficient (Wildman–Crippen LogP) is 3.05. The fourth-order valence-electron chi connectivity index (χ4n) is 3.79. The molecule has 0 bridgehead atoms. The zero-order chi connectivity index (χ0) is 25.4. The Bertz CT molecular complexity index is 1220. The van der Waals surface area contributed by atoms with Crippen LogP contribution in [0.1, 0.15) is 19.4 Å². The van der Waals surface area contributed by atoms with Gasteiger partial charge >= 0.3 is 6.09 Å². The number of sulfonamides is 1. The van der Waals surface area contributed by atoms with Gasteiger partial charge in [-0.1, -0.05) is 56.3 Å². The molecular formula is C24H32N6O4S. The highest BCUT2D eigenvalue weighted by Crippen LogP contribution is 2.27. The third kappa shape index (κ3) is 6.44. The highest BCUT2D eigenvalue weighted by molar-refractivity contribution is 7.89. The van der Waals surface area contributed by atoms with Crippen molar-refractivity contribution in [2.75, 3.05) is 39.3 Å². The monoisotopic (exact) mass is 500 g/mol. The molecule has 4 rings (SSSR count). The number of nitrogens with zero attached hydrogens (tertiary/aromatic N) is 4. The number of piperazine rings is 1. The number of aryl methyl sites for hydroxylation is 1. The molecule has 11 heteroatoms. The van der Waals surface area contributed by atoms with Crippen LogP contribution in [-0.4, -0.2) is 83.3 Å². The van der Waals surface area contributed by atoms with Crippen LogP contribution in [-0.2, 0) is 10.0 Å². The first-order chi connectivity index (χ1) is 16.8. The summed E-state index contributed by atoms with van der Waals surface area (Å²) < 4.78 is 28.3. The molecule has 0 spiro atoms. The van der Waals surface area contributed by atoms with Crippen LogP contribution in [0.25, 0.3) is 22.8 Å². The van der Waals surface area contributed by atoms with Crippen molar-refractivity contribution >= 4 is 16.1 Å². The summed E-state index contributed by atoms with van der Waals surface area (Å²) in [7, 11) is -3.69. The molecule has 3 N–H and O–H groups in total. The predicted molar refractivity (Wildman–Crippen MR) is 135 cm³/mol. The van der Waals surface area contributed by atoms with Crippen molar-refractivity contribution in [2.45, 2.75) is 25.7 Å². The van der Waals surface area contributed by atoms with E-state index in [0.29, 0.717) is 62.0 Å². The maximum Gasteiger partial charge on any atom is 0.404 e. The van der Waals surface area contributed by atoms with Crippen molar-refractivity contribution in [3.8, 4) is 22.8 Å². The lowest BCUT2D eigenvalue weighted by Gasteiger charge is -2.34. The number of rotatable bonds is 7. The molecule has 1 fully saturated rings. The van der Waals surface area contributed by atoms with E-state index in [1.807, 2.05) is 55.1 Å². The van der Waals surface area contributed by atoms with Crippen LogP contribution < -0.4 is 5.32 Å². The topological polar surface area (TPSA) is 132 Å². The fraction of sp³-hybridized carbons (Fsp3) is 0.375. The van der Waals surface area contributed by atoms with E-state index in [-0.39, 0.29) is 4.90 Å². The van der Waals surface area contributed by atoms with Gasteiger partial charge < -0.3 is 10.4 Å². The number of amides is 1. The van der Waals surface area contributed by atoms with Crippen molar-refractivity contribution in [2.24, 2.45) is 0 Å². The van der Waals surface area contributed by atoms with Crippen molar-refractivity contribution in [3.05, 3.63) is 54.1 Å². The Kier molecular flexibility index (Phi) is 8.96. The maximum absolute atomic E-state index is 13.4. The van der Waals surface area contributed by atoms with Crippen LogP contribution in [0.15, 0.2) is 53.4 Å². The number of nitrogens with one attached hydrogen (secondary N) is 2. The Labute approximate surface area is 206 Å². The largest absolute Gasteiger partial charge is 0.465 e. The van der Waals surface area contributed by atoms with Crippen LogP contribution >= 0.6 is 0 Å². The third-order valence-corrected chi connectivity index (χ3v) is 7.67. The Balaban J connectivity index is 0.00000167. The summed E-state index contributed by atoms with van der Waals surface area (Å²) in [5.74, 6) is 1.05. The van der Waals surface area contributed by atoms with E-state index in [2.05, 4.69) is 20.5 Å². The molecular weight excluding hydrogens is 468 g/mol. The van der Waals surface area contributed by atoms with Gasteiger partial charge in [-0.25, -0.2) is 18.2 Å². The summed E-state index contributed by atoms with van der Waals surface area (Å²) in [6.45, 7) is 8.41. The number of carbonyl (C=O) groups is 1. The second-order valence-electron chi connectivity index (χ2n) is 7.83. The summed E-state index contributed by atoms with van der Waals surface area (Å²) >= 11 is 0. The second-order valence-corrected chi connectivity index (χ2v) is 9.74. The van der Waals surface area contributed by atoms with Crippen molar-refractivity contribution < 1.29 is 18.3 Å². The van der Waals surface area contributed by atoms with Crippen molar-refractivity contribution in [1.82, 2.24) is 29.7 Å². The molecule has 188 valence electrons. The number of aromatic amines is 1. The quantitative estimate of drug-likeness (QED) is 0.454. The van der Waals surface area contributed by atoms with Gasteiger partial charge in [-0.15, -0.1) is 0 Å². The van der Waals surface area contributed by atoms with Gasteiger partial charge in [0, 0.05) is 50.4 Å². The third-order valence-electron chi connectivity index (χ3n) is 5.63. The first kappa shape index (κ1) is 26.3. The normalized spacial score (nSPS) is 14.7. The van der Waals surface area contributed by atoms with E-state index in [9.17, 15) is 13.2 Å². The maximum atomic E-state index is 13.4. The molecule has 1 amide bonds. The number of aromatic nitrogens is 3. The summed E-state index contributed by atoms with van der Waals surface area (Å²) in [6.07, 6.45) is -1.06. The molecule has 1 aliphatic heterocycles. The van der Waals surface area contributed by atoms with Crippen molar-refractivity contribution in [3.63, 3.8) is 0 Å². The molecule has 3 aromatic rings. The van der Waals surface area contributed by atoms with E-state index >= 15 is 0 Å².